The molecule has 0 spiro atoms. The summed E-state index contributed by atoms with van der Waals surface area (Å²) in [7, 11) is -7.52. The van der Waals surface area contributed by atoms with Gasteiger partial charge in [0.2, 0.25) is 9.84 Å². The maximum Gasteiger partial charge on any atom is 0.203 e. The summed E-state index contributed by atoms with van der Waals surface area (Å²) < 4.78 is 53.0. The molecule has 0 atom stereocenters. The van der Waals surface area contributed by atoms with Gasteiger partial charge in [-0.2, -0.15) is 0 Å². The third kappa shape index (κ3) is 6.34. The Morgan fingerprint density at radius 1 is 0.781 bits per heavy atom. The van der Waals surface area contributed by atoms with Gasteiger partial charge in [0.1, 0.15) is 0 Å². The predicted molar refractivity (Wildman–Crippen MR) is 135 cm³/mol. The number of rotatable bonds is 8. The van der Waals surface area contributed by atoms with E-state index in [1.165, 1.54) is 30.0 Å². The van der Waals surface area contributed by atoms with Crippen molar-refractivity contribution in [2.75, 3.05) is 11.5 Å². The molecule has 0 saturated carbocycles. The average Bonchev–Trinajstić information content (AvgIpc) is 2.75. The van der Waals surface area contributed by atoms with Crippen LogP contribution < -0.4 is 0 Å². The van der Waals surface area contributed by atoms with Gasteiger partial charge >= 0.3 is 0 Å². The molecule has 0 heterocycles. The maximum absolute atomic E-state index is 13.3. The molecule has 0 fully saturated rings. The van der Waals surface area contributed by atoms with Crippen LogP contribution in [-0.2, 0) is 19.7 Å². The molecule has 0 radical (unpaired) electrons. The second-order valence-electron chi connectivity index (χ2n) is 7.32. The number of hydrogen-bond donors (Lipinski definition) is 0. The van der Waals surface area contributed by atoms with Crippen LogP contribution in [0.1, 0.15) is 11.1 Å². The molecule has 0 unspecified atom stereocenters. The monoisotopic (exact) mass is 550 g/mol. The number of sulfone groups is 2. The fourth-order valence-electron chi connectivity index (χ4n) is 2.84. The van der Waals surface area contributed by atoms with Gasteiger partial charge < -0.3 is 0 Å². The van der Waals surface area contributed by atoms with Crippen LogP contribution in [0.25, 0.3) is 0 Å². The van der Waals surface area contributed by atoms with Gasteiger partial charge in [0.15, 0.2) is 9.84 Å². The molecule has 32 heavy (non-hydrogen) atoms. The topological polar surface area (TPSA) is 68.3 Å². The summed E-state index contributed by atoms with van der Waals surface area (Å²) in [5, 5.41) is 0. The molecule has 0 aliphatic carbocycles. The van der Waals surface area contributed by atoms with Crippen LogP contribution in [0.5, 0.6) is 0 Å². The number of hydrogen-bond acceptors (Lipinski definition) is 5. The summed E-state index contributed by atoms with van der Waals surface area (Å²) in [6.45, 7) is 3.86. The first-order chi connectivity index (χ1) is 15.1. The fraction of sp³-hybridized carbons (Fsp3) is 0.167. The second kappa shape index (κ2) is 10.4. The highest BCUT2D eigenvalue weighted by atomic mass is 79.9. The molecule has 0 saturated heterocycles. The normalized spacial score (nSPS) is 12.7. The lowest BCUT2D eigenvalue weighted by atomic mass is 10.2. The molecule has 0 amide bonds. The Labute approximate surface area is 202 Å². The van der Waals surface area contributed by atoms with Crippen molar-refractivity contribution >= 4 is 47.4 Å². The second-order valence-corrected chi connectivity index (χ2v) is 13.3. The summed E-state index contributed by atoms with van der Waals surface area (Å²) in [4.78, 5) is 1.28. The van der Waals surface area contributed by atoms with Gasteiger partial charge in [-0.25, -0.2) is 16.8 Å². The summed E-state index contributed by atoms with van der Waals surface area (Å²) in [6.07, 6.45) is 1.33. The average molecular weight is 552 g/mol. The summed E-state index contributed by atoms with van der Waals surface area (Å²) in [5.41, 5.74) is 2.06. The van der Waals surface area contributed by atoms with E-state index in [9.17, 15) is 16.8 Å². The molecule has 0 N–H and O–H groups in total. The highest BCUT2D eigenvalue weighted by Crippen LogP contribution is 2.28. The van der Waals surface area contributed by atoms with Gasteiger partial charge in [-0.15, -0.1) is 11.8 Å². The van der Waals surface area contributed by atoms with E-state index >= 15 is 0 Å². The van der Waals surface area contributed by atoms with E-state index in [1.54, 1.807) is 36.4 Å². The summed E-state index contributed by atoms with van der Waals surface area (Å²) in [5.74, 6) is -0.263. The molecular formula is C24H23BrO4S3. The molecular weight excluding hydrogens is 528 g/mol. The van der Waals surface area contributed by atoms with E-state index in [2.05, 4.69) is 15.9 Å². The quantitative estimate of drug-likeness (QED) is 0.322. The Hall–Kier alpha value is -1.87. The minimum absolute atomic E-state index is 0.0704. The molecule has 0 bridgehead atoms. The Balaban J connectivity index is 1.94. The number of halogens is 1. The molecule has 3 rings (SSSR count). The fourth-order valence-corrected chi connectivity index (χ4v) is 7.03. The summed E-state index contributed by atoms with van der Waals surface area (Å²) >= 11 is 4.67. The zero-order valence-corrected chi connectivity index (χ0v) is 21.7. The van der Waals surface area contributed by atoms with E-state index in [4.69, 9.17) is 0 Å². The number of thioether (sulfide) groups is 1. The van der Waals surface area contributed by atoms with Crippen molar-refractivity contribution in [1.29, 1.82) is 0 Å². The van der Waals surface area contributed by atoms with Crippen LogP contribution in [-0.4, -0.2) is 28.3 Å². The van der Waals surface area contributed by atoms with Crippen molar-refractivity contribution < 1.29 is 16.8 Å². The summed E-state index contributed by atoms with van der Waals surface area (Å²) in [6, 6.07) is 20.6. The van der Waals surface area contributed by atoms with Gasteiger partial charge in [0, 0.05) is 15.1 Å². The largest absolute Gasteiger partial charge is 0.223 e. The Morgan fingerprint density at radius 3 is 1.84 bits per heavy atom. The first-order valence-electron chi connectivity index (χ1n) is 9.76. The highest BCUT2D eigenvalue weighted by molar-refractivity contribution is 9.10. The molecule has 4 nitrogen and oxygen atoms in total. The van der Waals surface area contributed by atoms with E-state index in [-0.39, 0.29) is 20.4 Å². The molecule has 8 heteroatoms. The number of benzene rings is 3. The molecule has 168 valence electrons. The van der Waals surface area contributed by atoms with Crippen molar-refractivity contribution in [2.24, 2.45) is 0 Å². The molecule has 3 aromatic rings. The van der Waals surface area contributed by atoms with Crippen LogP contribution in [0.4, 0.5) is 0 Å². The minimum Gasteiger partial charge on any atom is -0.223 e. The zero-order chi connectivity index (χ0) is 23.4. The maximum atomic E-state index is 13.3. The Bertz CT molecular complexity index is 1310. The lowest BCUT2D eigenvalue weighted by molar-refractivity contribution is 0.599. The smallest absolute Gasteiger partial charge is 0.203 e. The van der Waals surface area contributed by atoms with Gasteiger partial charge in [-0.1, -0.05) is 57.4 Å². The van der Waals surface area contributed by atoms with Gasteiger partial charge in [-0.3, -0.25) is 0 Å². The standard InChI is InChI=1S/C24H23BrO4S3/c1-18-3-9-21(10-4-18)30-17-24(32(28,29)23-13-7-20(25)8-14-23)15-16-31(26,27)22-11-5-19(2)6-12-22/h3-15H,16-17H2,1-2H3/b24-15+. The first kappa shape index (κ1) is 24.8. The zero-order valence-electron chi connectivity index (χ0n) is 17.7. The lowest BCUT2D eigenvalue weighted by Crippen LogP contribution is -2.11. The SMILES string of the molecule is Cc1ccc(SC/C(=C\CS(=O)(=O)c2ccc(C)cc2)S(=O)(=O)c2ccc(Br)cc2)cc1. The van der Waals surface area contributed by atoms with Crippen molar-refractivity contribution in [3.8, 4) is 0 Å². The third-order valence-corrected chi connectivity index (χ3v) is 10.0. The molecule has 0 aliphatic rings. The first-order valence-corrected chi connectivity index (χ1v) is 14.7. The van der Waals surface area contributed by atoms with Crippen LogP contribution >= 0.6 is 27.7 Å². The minimum atomic E-state index is -3.85. The van der Waals surface area contributed by atoms with Crippen LogP contribution in [0.2, 0.25) is 0 Å². The molecule has 0 aromatic heterocycles. The van der Waals surface area contributed by atoms with Gasteiger partial charge in [0.05, 0.1) is 20.4 Å². The van der Waals surface area contributed by atoms with E-state index in [0.717, 1.165) is 20.5 Å². The highest BCUT2D eigenvalue weighted by Gasteiger charge is 2.23. The van der Waals surface area contributed by atoms with E-state index in [0.29, 0.717) is 0 Å². The van der Waals surface area contributed by atoms with Crippen LogP contribution in [0.15, 0.2) is 103 Å². The predicted octanol–water partition coefficient (Wildman–Crippen LogP) is 5.99. The van der Waals surface area contributed by atoms with Crippen molar-refractivity contribution in [1.82, 2.24) is 0 Å². The third-order valence-electron chi connectivity index (χ3n) is 4.78. The van der Waals surface area contributed by atoms with Gasteiger partial charge in [0.25, 0.3) is 0 Å². The lowest BCUT2D eigenvalue weighted by Gasteiger charge is -2.11. The molecule has 0 aliphatic heterocycles. The van der Waals surface area contributed by atoms with Crippen LogP contribution in [0.3, 0.4) is 0 Å². The van der Waals surface area contributed by atoms with Crippen molar-refractivity contribution in [2.45, 2.75) is 28.5 Å². The van der Waals surface area contributed by atoms with Crippen molar-refractivity contribution in [3.05, 3.63) is 99.4 Å². The Kier molecular flexibility index (Phi) is 8.03. The van der Waals surface area contributed by atoms with E-state index < -0.39 is 25.4 Å². The van der Waals surface area contributed by atoms with Gasteiger partial charge in [-0.05, 0) is 62.4 Å². The Morgan fingerprint density at radius 2 is 1.28 bits per heavy atom. The van der Waals surface area contributed by atoms with Crippen molar-refractivity contribution in [3.63, 3.8) is 0 Å². The van der Waals surface area contributed by atoms with Crippen LogP contribution in [0, 0.1) is 13.8 Å². The molecule has 3 aromatic carbocycles. The number of aryl methyl sites for hydroxylation is 2. The van der Waals surface area contributed by atoms with E-state index in [1.807, 2.05) is 38.1 Å².